The highest BCUT2D eigenvalue weighted by molar-refractivity contribution is 5.54. The van der Waals surface area contributed by atoms with Crippen molar-refractivity contribution in [2.24, 2.45) is 7.05 Å². The average Bonchev–Trinajstić information content (AvgIpc) is 2.66. The zero-order valence-electron chi connectivity index (χ0n) is 10.6. The van der Waals surface area contributed by atoms with Gasteiger partial charge in [0, 0.05) is 7.05 Å². The summed E-state index contributed by atoms with van der Waals surface area (Å²) in [4.78, 5) is 0. The minimum atomic E-state index is -0.0156. The van der Waals surface area contributed by atoms with Gasteiger partial charge in [-0.1, -0.05) is 19.1 Å². The maximum absolute atomic E-state index is 9.08. The highest BCUT2D eigenvalue weighted by Crippen LogP contribution is 2.30. The number of aryl methyl sites for hydroxylation is 2. The summed E-state index contributed by atoms with van der Waals surface area (Å²) >= 11 is 0. The zero-order valence-corrected chi connectivity index (χ0v) is 10.6. The number of aromatic nitrogens is 2. The van der Waals surface area contributed by atoms with Crippen molar-refractivity contribution in [3.8, 4) is 11.6 Å². The van der Waals surface area contributed by atoms with E-state index in [-0.39, 0.29) is 6.61 Å². The molecule has 0 saturated carbocycles. The summed E-state index contributed by atoms with van der Waals surface area (Å²) in [5, 5.41) is 13.4. The molecular weight excluding hydrogens is 230 g/mol. The van der Waals surface area contributed by atoms with E-state index in [1.165, 1.54) is 0 Å². The van der Waals surface area contributed by atoms with Crippen molar-refractivity contribution in [2.75, 3.05) is 5.73 Å². The molecule has 5 nitrogen and oxygen atoms in total. The normalized spacial score (nSPS) is 10.6. The van der Waals surface area contributed by atoms with Crippen LogP contribution in [0.15, 0.2) is 24.3 Å². The third-order valence-electron chi connectivity index (χ3n) is 2.74. The second-order valence-electron chi connectivity index (χ2n) is 4.05. The molecule has 0 fully saturated rings. The van der Waals surface area contributed by atoms with Gasteiger partial charge in [-0.3, -0.25) is 0 Å². The molecule has 3 N–H and O–H groups in total. The molecule has 2 aromatic rings. The Kier molecular flexibility index (Phi) is 3.53. The fourth-order valence-corrected chi connectivity index (χ4v) is 1.78. The molecule has 96 valence electrons. The Morgan fingerprint density at radius 3 is 2.83 bits per heavy atom. The summed E-state index contributed by atoms with van der Waals surface area (Å²) in [7, 11) is 1.79. The second-order valence-corrected chi connectivity index (χ2v) is 4.05. The molecule has 0 unspecified atom stereocenters. The van der Waals surface area contributed by atoms with Crippen LogP contribution < -0.4 is 10.5 Å². The first-order valence-corrected chi connectivity index (χ1v) is 5.84. The van der Waals surface area contributed by atoms with E-state index in [9.17, 15) is 0 Å². The van der Waals surface area contributed by atoms with E-state index < -0.39 is 0 Å². The van der Waals surface area contributed by atoms with Crippen LogP contribution in [-0.2, 0) is 20.1 Å². The summed E-state index contributed by atoms with van der Waals surface area (Å²) in [5.41, 5.74) is 8.16. The summed E-state index contributed by atoms with van der Waals surface area (Å²) in [5.74, 6) is 1.17. The fourth-order valence-electron chi connectivity index (χ4n) is 1.78. The standard InChI is InChI=1S/C13H17N3O2/c1-3-11-12(14)13(16(2)15-11)18-10-6-4-5-9(7-10)8-17/h4-7,17H,3,8,14H2,1-2H3. The predicted molar refractivity (Wildman–Crippen MR) is 69.4 cm³/mol. The van der Waals surface area contributed by atoms with Gasteiger partial charge in [-0.05, 0) is 24.1 Å². The third kappa shape index (κ3) is 2.31. The maximum Gasteiger partial charge on any atom is 0.241 e. The number of aliphatic hydroxyl groups is 1. The third-order valence-corrected chi connectivity index (χ3v) is 2.74. The second kappa shape index (κ2) is 5.10. The SMILES string of the molecule is CCc1nn(C)c(Oc2cccc(CO)c2)c1N. The molecule has 1 aromatic carbocycles. The van der Waals surface area contributed by atoms with Crippen LogP contribution in [0.25, 0.3) is 0 Å². The van der Waals surface area contributed by atoms with Crippen LogP contribution in [0.1, 0.15) is 18.2 Å². The van der Waals surface area contributed by atoms with Gasteiger partial charge in [0.1, 0.15) is 11.4 Å². The number of hydrogen-bond donors (Lipinski definition) is 2. The van der Waals surface area contributed by atoms with Crippen molar-refractivity contribution in [3.63, 3.8) is 0 Å². The molecule has 1 heterocycles. The van der Waals surface area contributed by atoms with E-state index in [1.807, 2.05) is 25.1 Å². The van der Waals surface area contributed by atoms with Crippen LogP contribution in [-0.4, -0.2) is 14.9 Å². The smallest absolute Gasteiger partial charge is 0.241 e. The Hall–Kier alpha value is -2.01. The first-order chi connectivity index (χ1) is 8.65. The summed E-state index contributed by atoms with van der Waals surface area (Å²) in [6.45, 7) is 1.98. The Morgan fingerprint density at radius 1 is 1.44 bits per heavy atom. The van der Waals surface area contributed by atoms with Crippen LogP contribution in [0.3, 0.4) is 0 Å². The molecule has 0 amide bonds. The minimum Gasteiger partial charge on any atom is -0.437 e. The maximum atomic E-state index is 9.08. The van der Waals surface area contributed by atoms with E-state index in [1.54, 1.807) is 17.8 Å². The van der Waals surface area contributed by atoms with E-state index in [4.69, 9.17) is 15.6 Å². The van der Waals surface area contributed by atoms with Gasteiger partial charge in [-0.15, -0.1) is 0 Å². The largest absolute Gasteiger partial charge is 0.437 e. The van der Waals surface area contributed by atoms with Crippen LogP contribution in [0.4, 0.5) is 5.69 Å². The number of benzene rings is 1. The van der Waals surface area contributed by atoms with Crippen LogP contribution in [0, 0.1) is 0 Å². The monoisotopic (exact) mass is 247 g/mol. The van der Waals surface area contributed by atoms with Crippen molar-refractivity contribution in [1.82, 2.24) is 9.78 Å². The molecule has 2 rings (SSSR count). The van der Waals surface area contributed by atoms with Gasteiger partial charge in [-0.2, -0.15) is 5.10 Å². The fraction of sp³-hybridized carbons (Fsp3) is 0.308. The quantitative estimate of drug-likeness (QED) is 0.864. The van der Waals surface area contributed by atoms with Crippen LogP contribution in [0.2, 0.25) is 0 Å². The van der Waals surface area contributed by atoms with Crippen LogP contribution >= 0.6 is 0 Å². The van der Waals surface area contributed by atoms with E-state index in [0.29, 0.717) is 17.3 Å². The van der Waals surface area contributed by atoms with E-state index in [2.05, 4.69) is 5.10 Å². The van der Waals surface area contributed by atoms with Crippen molar-refractivity contribution in [2.45, 2.75) is 20.0 Å². The van der Waals surface area contributed by atoms with E-state index >= 15 is 0 Å². The number of nitrogens with zero attached hydrogens (tertiary/aromatic N) is 2. The van der Waals surface area contributed by atoms with Crippen LogP contribution in [0.5, 0.6) is 11.6 Å². The van der Waals surface area contributed by atoms with Crippen molar-refractivity contribution in [3.05, 3.63) is 35.5 Å². The van der Waals surface area contributed by atoms with Gasteiger partial charge in [-0.25, -0.2) is 4.68 Å². The molecule has 0 aliphatic rings. The van der Waals surface area contributed by atoms with Gasteiger partial charge in [0.25, 0.3) is 0 Å². The molecule has 0 saturated heterocycles. The predicted octanol–water partition coefficient (Wildman–Crippen LogP) is 1.85. The van der Waals surface area contributed by atoms with Gasteiger partial charge in [0.15, 0.2) is 0 Å². The Bertz CT molecular complexity index is 549. The van der Waals surface area contributed by atoms with Crippen molar-refractivity contribution < 1.29 is 9.84 Å². The molecule has 0 atom stereocenters. The lowest BCUT2D eigenvalue weighted by atomic mass is 10.2. The minimum absolute atomic E-state index is 0.0156. The van der Waals surface area contributed by atoms with E-state index in [0.717, 1.165) is 17.7 Å². The topological polar surface area (TPSA) is 73.3 Å². The van der Waals surface area contributed by atoms with Crippen molar-refractivity contribution in [1.29, 1.82) is 0 Å². The number of anilines is 1. The highest BCUT2D eigenvalue weighted by atomic mass is 16.5. The number of nitrogens with two attached hydrogens (primary N) is 1. The molecule has 0 aliphatic heterocycles. The zero-order chi connectivity index (χ0) is 13.1. The molecule has 5 heteroatoms. The molecule has 1 aromatic heterocycles. The average molecular weight is 247 g/mol. The lowest BCUT2D eigenvalue weighted by molar-refractivity contribution is 0.281. The Labute approximate surface area is 106 Å². The Balaban J connectivity index is 2.30. The highest BCUT2D eigenvalue weighted by Gasteiger charge is 2.14. The molecule has 0 spiro atoms. The lowest BCUT2D eigenvalue weighted by Crippen LogP contribution is -1.97. The summed E-state index contributed by atoms with van der Waals surface area (Å²) in [6.07, 6.45) is 0.764. The Morgan fingerprint density at radius 2 is 2.22 bits per heavy atom. The molecule has 0 aliphatic carbocycles. The lowest BCUT2D eigenvalue weighted by Gasteiger charge is -2.07. The molecule has 0 radical (unpaired) electrons. The summed E-state index contributed by atoms with van der Waals surface area (Å²) < 4.78 is 7.35. The van der Waals surface area contributed by atoms with Gasteiger partial charge < -0.3 is 15.6 Å². The molecule has 0 bridgehead atoms. The first kappa shape index (κ1) is 12.4. The molecular formula is C13H17N3O2. The van der Waals surface area contributed by atoms with Gasteiger partial charge in [0.05, 0.1) is 12.3 Å². The van der Waals surface area contributed by atoms with Gasteiger partial charge >= 0.3 is 0 Å². The number of hydrogen-bond acceptors (Lipinski definition) is 4. The number of ether oxygens (including phenoxy) is 1. The molecule has 18 heavy (non-hydrogen) atoms. The van der Waals surface area contributed by atoms with Gasteiger partial charge in [0.2, 0.25) is 5.88 Å². The number of nitrogen functional groups attached to an aromatic ring is 1. The first-order valence-electron chi connectivity index (χ1n) is 5.84. The number of aliphatic hydroxyl groups excluding tert-OH is 1. The number of rotatable bonds is 4. The van der Waals surface area contributed by atoms with Crippen molar-refractivity contribution >= 4 is 5.69 Å². The summed E-state index contributed by atoms with van der Waals surface area (Å²) in [6, 6.07) is 7.25.